The van der Waals surface area contributed by atoms with Crippen molar-refractivity contribution in [2.24, 2.45) is 17.8 Å². The Kier molecular flexibility index (Phi) is 3.29. The van der Waals surface area contributed by atoms with Crippen LogP contribution in [0, 0.1) is 40.7 Å². The molecule has 4 atom stereocenters. The largest absolute Gasteiger partial charge is 0.298 e. The predicted molar refractivity (Wildman–Crippen MR) is 68.7 cm³/mol. The molecule has 0 N–H and O–H groups in total. The highest BCUT2D eigenvalue weighted by molar-refractivity contribution is 5.91. The molecule has 0 saturated heterocycles. The second-order valence-corrected chi connectivity index (χ2v) is 5.95. The molecule has 0 aromatic heterocycles. The van der Waals surface area contributed by atoms with E-state index in [4.69, 9.17) is 0 Å². The zero-order valence-electron chi connectivity index (χ0n) is 11.0. The van der Waals surface area contributed by atoms with E-state index >= 15 is 0 Å². The molecular formula is C16H15F2NO. The third-order valence-electron chi connectivity index (χ3n) is 4.74. The molecule has 0 amide bonds. The number of hydrogen-bond donors (Lipinski definition) is 0. The molecule has 0 aliphatic heterocycles. The fourth-order valence-corrected chi connectivity index (χ4v) is 3.85. The van der Waals surface area contributed by atoms with E-state index in [0.717, 1.165) is 37.5 Å². The van der Waals surface area contributed by atoms with E-state index in [0.29, 0.717) is 11.8 Å². The van der Waals surface area contributed by atoms with E-state index in [1.54, 1.807) is 0 Å². The maximum Gasteiger partial charge on any atom is 0.157 e. The highest BCUT2D eigenvalue weighted by Gasteiger charge is 2.45. The molecular weight excluding hydrogens is 260 g/mol. The zero-order valence-corrected chi connectivity index (χ0v) is 11.0. The average molecular weight is 275 g/mol. The minimum Gasteiger partial charge on any atom is -0.298 e. The number of fused-ring (bicyclic) bond motifs is 2. The molecule has 0 radical (unpaired) electrons. The molecule has 2 aliphatic rings. The molecule has 0 spiro atoms. The van der Waals surface area contributed by atoms with Gasteiger partial charge in [-0.2, -0.15) is 5.26 Å². The van der Waals surface area contributed by atoms with Gasteiger partial charge in [0.2, 0.25) is 0 Å². The zero-order chi connectivity index (χ0) is 14.3. The fourth-order valence-electron chi connectivity index (χ4n) is 3.85. The van der Waals surface area contributed by atoms with Crippen molar-refractivity contribution in [3.8, 4) is 6.07 Å². The van der Waals surface area contributed by atoms with Crippen LogP contribution in [0.15, 0.2) is 18.2 Å². The standard InChI is InChI=1S/C16H15F2NO/c17-12-5-11(6-13(18)7-12)15(8-19)16(20)14-4-9-1-2-10(14)3-9/h5-7,9-10,14-15H,1-4H2. The van der Waals surface area contributed by atoms with Gasteiger partial charge < -0.3 is 0 Å². The highest BCUT2D eigenvalue weighted by atomic mass is 19.1. The number of hydrogen-bond acceptors (Lipinski definition) is 2. The molecule has 2 aliphatic carbocycles. The number of rotatable bonds is 3. The van der Waals surface area contributed by atoms with Gasteiger partial charge in [-0.05, 0) is 48.8 Å². The molecule has 1 aromatic carbocycles. The summed E-state index contributed by atoms with van der Waals surface area (Å²) in [4.78, 5) is 12.5. The number of carbonyl (C=O) groups is 1. The number of carbonyl (C=O) groups excluding carboxylic acids is 1. The number of halogens is 2. The maximum absolute atomic E-state index is 13.3. The minimum atomic E-state index is -1.05. The first-order valence-corrected chi connectivity index (χ1v) is 6.98. The van der Waals surface area contributed by atoms with Crippen LogP contribution >= 0.6 is 0 Å². The predicted octanol–water partition coefficient (Wildman–Crippen LogP) is 3.58. The van der Waals surface area contributed by atoms with Gasteiger partial charge in [0, 0.05) is 12.0 Å². The van der Waals surface area contributed by atoms with Crippen molar-refractivity contribution >= 4 is 5.78 Å². The molecule has 104 valence electrons. The van der Waals surface area contributed by atoms with Crippen molar-refractivity contribution in [1.29, 1.82) is 5.26 Å². The highest BCUT2D eigenvalue weighted by Crippen LogP contribution is 2.49. The molecule has 2 saturated carbocycles. The summed E-state index contributed by atoms with van der Waals surface area (Å²) in [6.45, 7) is 0. The molecule has 0 heterocycles. The Morgan fingerprint density at radius 1 is 1.20 bits per heavy atom. The quantitative estimate of drug-likeness (QED) is 0.846. The van der Waals surface area contributed by atoms with Crippen molar-refractivity contribution in [2.45, 2.75) is 31.6 Å². The van der Waals surface area contributed by atoms with Crippen LogP contribution in [-0.2, 0) is 4.79 Å². The molecule has 2 bridgehead atoms. The second-order valence-electron chi connectivity index (χ2n) is 5.95. The van der Waals surface area contributed by atoms with Gasteiger partial charge in [-0.1, -0.05) is 6.42 Å². The van der Waals surface area contributed by atoms with Gasteiger partial charge in [-0.3, -0.25) is 4.79 Å². The van der Waals surface area contributed by atoms with Crippen LogP contribution in [0.5, 0.6) is 0 Å². The maximum atomic E-state index is 13.3. The summed E-state index contributed by atoms with van der Waals surface area (Å²) in [5.74, 6) is -1.86. The molecule has 4 heteroatoms. The van der Waals surface area contributed by atoms with E-state index in [1.165, 1.54) is 6.42 Å². The third-order valence-corrected chi connectivity index (χ3v) is 4.74. The summed E-state index contributed by atoms with van der Waals surface area (Å²) in [5.41, 5.74) is 0.137. The van der Waals surface area contributed by atoms with E-state index in [-0.39, 0.29) is 17.3 Å². The molecule has 4 unspecified atom stereocenters. The Labute approximate surface area is 116 Å². The Hall–Kier alpha value is -1.76. The Bertz CT molecular complexity index is 572. The van der Waals surface area contributed by atoms with Crippen LogP contribution in [0.4, 0.5) is 8.78 Å². The van der Waals surface area contributed by atoms with Crippen LogP contribution in [0.3, 0.4) is 0 Å². The van der Waals surface area contributed by atoms with Crippen molar-refractivity contribution in [2.75, 3.05) is 0 Å². The van der Waals surface area contributed by atoms with Gasteiger partial charge >= 0.3 is 0 Å². The van der Waals surface area contributed by atoms with Crippen LogP contribution in [0.2, 0.25) is 0 Å². The van der Waals surface area contributed by atoms with Crippen LogP contribution in [0.25, 0.3) is 0 Å². The summed E-state index contributed by atoms with van der Waals surface area (Å²) in [7, 11) is 0. The van der Waals surface area contributed by atoms with Crippen molar-refractivity contribution < 1.29 is 13.6 Å². The number of ketones is 1. The van der Waals surface area contributed by atoms with Crippen molar-refractivity contribution in [1.82, 2.24) is 0 Å². The van der Waals surface area contributed by atoms with Crippen LogP contribution in [-0.4, -0.2) is 5.78 Å². The minimum absolute atomic E-state index is 0.107. The van der Waals surface area contributed by atoms with Crippen LogP contribution < -0.4 is 0 Å². The smallest absolute Gasteiger partial charge is 0.157 e. The first-order valence-electron chi connectivity index (χ1n) is 6.98. The summed E-state index contributed by atoms with van der Waals surface area (Å²) in [6, 6.07) is 4.85. The van der Waals surface area contributed by atoms with Crippen molar-refractivity contribution in [3.05, 3.63) is 35.4 Å². The molecule has 1 aromatic rings. The SMILES string of the molecule is N#CC(C(=O)C1CC2CCC1C2)c1cc(F)cc(F)c1. The summed E-state index contributed by atoms with van der Waals surface area (Å²) in [5, 5.41) is 9.25. The fraction of sp³-hybridized carbons (Fsp3) is 0.500. The third kappa shape index (κ3) is 2.22. The second kappa shape index (κ2) is 4.97. The lowest BCUT2D eigenvalue weighted by atomic mass is 9.79. The van der Waals surface area contributed by atoms with Gasteiger partial charge in [-0.25, -0.2) is 8.78 Å². The lowest BCUT2D eigenvalue weighted by Crippen LogP contribution is -2.26. The number of nitrogens with zero attached hydrogens (tertiary/aromatic N) is 1. The van der Waals surface area contributed by atoms with E-state index in [1.807, 2.05) is 6.07 Å². The van der Waals surface area contributed by atoms with E-state index in [2.05, 4.69) is 0 Å². The van der Waals surface area contributed by atoms with E-state index < -0.39 is 17.6 Å². The summed E-state index contributed by atoms with van der Waals surface area (Å²) in [6.07, 6.45) is 4.10. The number of benzene rings is 1. The first kappa shape index (κ1) is 13.2. The van der Waals surface area contributed by atoms with E-state index in [9.17, 15) is 18.8 Å². The van der Waals surface area contributed by atoms with Gasteiger partial charge in [0.1, 0.15) is 17.6 Å². The van der Waals surface area contributed by atoms with Gasteiger partial charge in [0.25, 0.3) is 0 Å². The monoisotopic (exact) mass is 275 g/mol. The van der Waals surface area contributed by atoms with Gasteiger partial charge in [0.05, 0.1) is 6.07 Å². The molecule has 2 nitrogen and oxygen atoms in total. The number of nitriles is 1. The first-order chi connectivity index (χ1) is 9.58. The van der Waals surface area contributed by atoms with Gasteiger partial charge in [0.15, 0.2) is 5.78 Å². The normalized spacial score (nSPS) is 29.1. The molecule has 2 fully saturated rings. The lowest BCUT2D eigenvalue weighted by molar-refractivity contribution is -0.124. The Balaban J connectivity index is 1.86. The average Bonchev–Trinajstić information content (AvgIpc) is 3.00. The molecule has 3 rings (SSSR count). The topological polar surface area (TPSA) is 40.9 Å². The summed E-state index contributed by atoms with van der Waals surface area (Å²) < 4.78 is 26.5. The summed E-state index contributed by atoms with van der Waals surface area (Å²) >= 11 is 0. The van der Waals surface area contributed by atoms with Crippen molar-refractivity contribution in [3.63, 3.8) is 0 Å². The Morgan fingerprint density at radius 3 is 2.40 bits per heavy atom. The van der Waals surface area contributed by atoms with Gasteiger partial charge in [-0.15, -0.1) is 0 Å². The lowest BCUT2D eigenvalue weighted by Gasteiger charge is -2.22. The molecule has 20 heavy (non-hydrogen) atoms. The Morgan fingerprint density at radius 2 is 1.90 bits per heavy atom. The number of Topliss-reactive ketones (excluding diaryl/α,β-unsaturated/α-hetero) is 1. The van der Waals surface area contributed by atoms with Crippen LogP contribution in [0.1, 0.15) is 37.2 Å².